The quantitative estimate of drug-likeness (QED) is 0.534. The van der Waals surface area contributed by atoms with Gasteiger partial charge in [0.05, 0.1) is 12.8 Å². The number of aliphatic carboxylic acids is 1. The summed E-state index contributed by atoms with van der Waals surface area (Å²) in [5, 5.41) is 19.2. The van der Waals surface area contributed by atoms with Crippen LogP contribution in [0.2, 0.25) is 0 Å². The number of phenols is 1. The smallest absolute Gasteiger partial charge is 0.163 e. The van der Waals surface area contributed by atoms with E-state index in [4.69, 9.17) is 5.11 Å². The maximum Gasteiger partial charge on any atom is 0.163 e. The number of hydrogen-bond donors (Lipinski definition) is 1. The molecule has 1 N–H and O–H groups in total. The number of benzene rings is 1. The number of aromatic hydroxyl groups is 1. The highest BCUT2D eigenvalue weighted by Gasteiger charge is 2.12. The second kappa shape index (κ2) is 7.74. The number of carboxylic acid groups (broad SMARTS) is 1. The molecule has 6 nitrogen and oxygen atoms in total. The minimum atomic E-state index is -1.55. The van der Waals surface area contributed by atoms with Crippen LogP contribution in [0, 0.1) is 0 Å². The Morgan fingerprint density at radius 2 is 1.52 bits per heavy atom. The molecule has 0 radical (unpaired) electrons. The standard InChI is InChI=1S/C15H14O6/c16-11-4-1-10(2-5-11)3-6-12(17)7-13(18)8-14(19)9-15(20)21/h1-6,16H,7-9H2,(H,20,21)/p-1/b6-3+. The minimum Gasteiger partial charge on any atom is -0.550 e. The number of rotatable bonds is 8. The fourth-order valence-corrected chi connectivity index (χ4v) is 1.53. The van der Waals surface area contributed by atoms with Crippen LogP contribution in [0.25, 0.3) is 6.08 Å². The molecule has 0 unspecified atom stereocenters. The largest absolute Gasteiger partial charge is 0.550 e. The molecule has 0 aliphatic carbocycles. The van der Waals surface area contributed by atoms with E-state index in [0.29, 0.717) is 5.56 Å². The van der Waals surface area contributed by atoms with Gasteiger partial charge in [0.15, 0.2) is 5.78 Å². The van der Waals surface area contributed by atoms with Crippen molar-refractivity contribution in [1.29, 1.82) is 0 Å². The molecule has 6 heteroatoms. The number of carbonyl (C=O) groups excluding carboxylic acids is 4. The molecular formula is C15H13O6-. The molecule has 0 heterocycles. The van der Waals surface area contributed by atoms with E-state index < -0.39 is 42.6 Å². The van der Waals surface area contributed by atoms with Crippen molar-refractivity contribution in [2.24, 2.45) is 0 Å². The second-order valence-electron chi connectivity index (χ2n) is 4.37. The summed E-state index contributed by atoms with van der Waals surface area (Å²) in [6.07, 6.45) is 0.773. The Labute approximate surface area is 120 Å². The molecular weight excluding hydrogens is 276 g/mol. The predicted octanol–water partition coefficient (Wildman–Crippen LogP) is 0.0329. The Morgan fingerprint density at radius 1 is 0.952 bits per heavy atom. The molecule has 0 spiro atoms. The van der Waals surface area contributed by atoms with Crippen molar-refractivity contribution in [2.45, 2.75) is 19.3 Å². The molecule has 0 aromatic heterocycles. The van der Waals surface area contributed by atoms with Gasteiger partial charge < -0.3 is 15.0 Å². The molecule has 0 aliphatic rings. The van der Waals surface area contributed by atoms with Crippen molar-refractivity contribution in [2.75, 3.05) is 0 Å². The van der Waals surface area contributed by atoms with Crippen LogP contribution in [-0.2, 0) is 19.2 Å². The molecule has 0 amide bonds. The van der Waals surface area contributed by atoms with Gasteiger partial charge in [-0.15, -0.1) is 0 Å². The number of phenolic OH excluding ortho intramolecular Hbond substituents is 1. The predicted molar refractivity (Wildman–Crippen MR) is 71.0 cm³/mol. The number of allylic oxidation sites excluding steroid dienone is 1. The highest BCUT2D eigenvalue weighted by atomic mass is 16.4. The van der Waals surface area contributed by atoms with Crippen LogP contribution < -0.4 is 5.11 Å². The lowest BCUT2D eigenvalue weighted by atomic mass is 10.1. The highest BCUT2D eigenvalue weighted by molar-refractivity contribution is 6.12. The van der Waals surface area contributed by atoms with Gasteiger partial charge >= 0.3 is 0 Å². The maximum absolute atomic E-state index is 11.5. The molecule has 110 valence electrons. The number of carboxylic acids is 1. The van der Waals surface area contributed by atoms with Crippen molar-refractivity contribution in [1.82, 2.24) is 0 Å². The second-order valence-corrected chi connectivity index (χ2v) is 4.37. The Hall–Kier alpha value is -2.76. The molecule has 1 rings (SSSR count). The summed E-state index contributed by atoms with van der Waals surface area (Å²) >= 11 is 0. The van der Waals surface area contributed by atoms with Crippen molar-refractivity contribution >= 4 is 29.4 Å². The first-order valence-corrected chi connectivity index (χ1v) is 6.10. The third-order valence-corrected chi connectivity index (χ3v) is 2.46. The monoisotopic (exact) mass is 289 g/mol. The number of ketones is 3. The fraction of sp³-hybridized carbons (Fsp3) is 0.200. The molecule has 0 saturated heterocycles. The van der Waals surface area contributed by atoms with Gasteiger partial charge in [0, 0.05) is 12.4 Å². The Morgan fingerprint density at radius 3 is 2.10 bits per heavy atom. The average molecular weight is 289 g/mol. The Kier molecular flexibility index (Phi) is 6.00. The van der Waals surface area contributed by atoms with Gasteiger partial charge in [-0.2, -0.15) is 0 Å². The third-order valence-electron chi connectivity index (χ3n) is 2.46. The van der Waals surface area contributed by atoms with Crippen LogP contribution in [0.15, 0.2) is 30.3 Å². The van der Waals surface area contributed by atoms with Crippen LogP contribution in [0.3, 0.4) is 0 Å². The number of carbonyl (C=O) groups is 4. The van der Waals surface area contributed by atoms with Crippen molar-refractivity contribution in [3.05, 3.63) is 35.9 Å². The van der Waals surface area contributed by atoms with Crippen molar-refractivity contribution in [3.63, 3.8) is 0 Å². The van der Waals surface area contributed by atoms with E-state index in [9.17, 15) is 24.3 Å². The van der Waals surface area contributed by atoms with Gasteiger partial charge in [0.1, 0.15) is 17.3 Å². The van der Waals surface area contributed by atoms with Gasteiger partial charge in [-0.25, -0.2) is 0 Å². The molecule has 0 aliphatic heterocycles. The van der Waals surface area contributed by atoms with Crippen LogP contribution in [-0.4, -0.2) is 28.4 Å². The van der Waals surface area contributed by atoms with Gasteiger partial charge in [-0.05, 0) is 23.8 Å². The lowest BCUT2D eigenvalue weighted by Gasteiger charge is -2.00. The van der Waals surface area contributed by atoms with Gasteiger partial charge in [-0.3, -0.25) is 14.4 Å². The highest BCUT2D eigenvalue weighted by Crippen LogP contribution is 2.11. The molecule has 21 heavy (non-hydrogen) atoms. The zero-order chi connectivity index (χ0) is 15.8. The average Bonchev–Trinajstić information content (AvgIpc) is 2.36. The van der Waals surface area contributed by atoms with Gasteiger partial charge in [-0.1, -0.05) is 18.2 Å². The normalized spacial score (nSPS) is 10.5. The lowest BCUT2D eigenvalue weighted by Crippen LogP contribution is -2.26. The summed E-state index contributed by atoms with van der Waals surface area (Å²) in [5.41, 5.74) is 0.668. The minimum absolute atomic E-state index is 0.0973. The fourth-order valence-electron chi connectivity index (χ4n) is 1.53. The summed E-state index contributed by atoms with van der Waals surface area (Å²) < 4.78 is 0. The van der Waals surface area contributed by atoms with E-state index in [1.54, 1.807) is 12.1 Å². The summed E-state index contributed by atoms with van der Waals surface area (Å²) in [5.74, 6) is -3.36. The molecule has 1 aromatic rings. The van der Waals surface area contributed by atoms with Crippen LogP contribution in [0.1, 0.15) is 24.8 Å². The van der Waals surface area contributed by atoms with Crippen molar-refractivity contribution in [3.8, 4) is 5.75 Å². The van der Waals surface area contributed by atoms with Crippen LogP contribution in [0.4, 0.5) is 0 Å². The first-order valence-electron chi connectivity index (χ1n) is 6.10. The SMILES string of the molecule is O=C([O-])CC(=O)CC(=O)CC(=O)/C=C/c1ccc(O)cc1. The van der Waals surface area contributed by atoms with E-state index in [1.165, 1.54) is 24.3 Å². The Balaban J connectivity index is 2.46. The first kappa shape index (κ1) is 16.3. The van der Waals surface area contributed by atoms with E-state index in [2.05, 4.69) is 0 Å². The number of hydrogen-bond acceptors (Lipinski definition) is 6. The van der Waals surface area contributed by atoms with E-state index in [1.807, 2.05) is 0 Å². The maximum atomic E-state index is 11.5. The molecule has 0 atom stereocenters. The summed E-state index contributed by atoms with van der Waals surface area (Å²) in [6, 6.07) is 6.08. The summed E-state index contributed by atoms with van der Waals surface area (Å²) in [6.45, 7) is 0. The molecule has 0 bridgehead atoms. The topological polar surface area (TPSA) is 112 Å². The van der Waals surface area contributed by atoms with E-state index >= 15 is 0 Å². The lowest BCUT2D eigenvalue weighted by molar-refractivity contribution is -0.304. The molecule has 0 fully saturated rings. The van der Waals surface area contributed by atoms with Crippen LogP contribution in [0.5, 0.6) is 5.75 Å². The summed E-state index contributed by atoms with van der Waals surface area (Å²) in [4.78, 5) is 44.1. The van der Waals surface area contributed by atoms with Crippen molar-refractivity contribution < 1.29 is 29.4 Å². The van der Waals surface area contributed by atoms with E-state index in [-0.39, 0.29) is 5.75 Å². The molecule has 0 saturated carbocycles. The number of Topliss-reactive ketones (excluding diaryl/α,β-unsaturated/α-hetero) is 2. The van der Waals surface area contributed by atoms with Crippen LogP contribution >= 0.6 is 0 Å². The third kappa shape index (κ3) is 6.81. The zero-order valence-electron chi connectivity index (χ0n) is 11.1. The summed E-state index contributed by atoms with van der Waals surface area (Å²) in [7, 11) is 0. The van der Waals surface area contributed by atoms with Gasteiger partial charge in [0.2, 0.25) is 0 Å². The zero-order valence-corrected chi connectivity index (χ0v) is 11.1. The van der Waals surface area contributed by atoms with Gasteiger partial charge in [0.25, 0.3) is 0 Å². The van der Waals surface area contributed by atoms with E-state index in [0.717, 1.165) is 0 Å². The Bertz CT molecular complexity index is 583. The molecule has 1 aromatic carbocycles. The first-order chi connectivity index (χ1) is 9.86.